The van der Waals surface area contributed by atoms with Gasteiger partial charge in [-0.05, 0) is 51.4 Å². The van der Waals surface area contributed by atoms with E-state index in [2.05, 4.69) is 43.4 Å². The van der Waals surface area contributed by atoms with Crippen molar-refractivity contribution in [1.29, 1.82) is 0 Å². The molecule has 0 aromatic heterocycles. The van der Waals surface area contributed by atoms with Crippen LogP contribution in [-0.2, 0) is 23.7 Å². The Labute approximate surface area is 310 Å². The number of hydrogen-bond acceptors (Lipinski definition) is 9. The van der Waals surface area contributed by atoms with Gasteiger partial charge in [-0.15, -0.1) is 0 Å². The fourth-order valence-electron chi connectivity index (χ4n) is 6.00. The highest BCUT2D eigenvalue weighted by molar-refractivity contribution is 5.69. The van der Waals surface area contributed by atoms with E-state index in [1.807, 2.05) is 6.92 Å². The fraction of sp³-hybridized carbons (Fsp3) is 0.833. The third kappa shape index (κ3) is 25.9. The van der Waals surface area contributed by atoms with Gasteiger partial charge < -0.3 is 39.4 Å². The molecule has 9 heteroatoms. The molecule has 6 atom stereocenters. The number of carbonyl (C=O) groups is 1. The van der Waals surface area contributed by atoms with Gasteiger partial charge in [-0.25, -0.2) is 0 Å². The van der Waals surface area contributed by atoms with Gasteiger partial charge >= 0.3 is 5.97 Å². The molecule has 0 spiro atoms. The van der Waals surface area contributed by atoms with Crippen molar-refractivity contribution in [3.05, 3.63) is 36.5 Å². The zero-order valence-corrected chi connectivity index (χ0v) is 32.4. The molecule has 1 rings (SSSR count). The number of rotatable bonds is 34. The third-order valence-corrected chi connectivity index (χ3v) is 9.31. The van der Waals surface area contributed by atoms with Crippen LogP contribution < -0.4 is 0 Å². The first-order valence-corrected chi connectivity index (χ1v) is 20.6. The van der Waals surface area contributed by atoms with E-state index in [9.17, 15) is 25.2 Å². The largest absolute Gasteiger partial charge is 0.457 e. The predicted octanol–water partition coefficient (Wildman–Crippen LogP) is 8.41. The van der Waals surface area contributed by atoms with Crippen molar-refractivity contribution in [2.75, 3.05) is 26.4 Å². The molecule has 1 aliphatic rings. The van der Waals surface area contributed by atoms with Crippen molar-refractivity contribution >= 4 is 5.97 Å². The van der Waals surface area contributed by atoms with Crippen molar-refractivity contribution in [2.24, 2.45) is 0 Å². The van der Waals surface area contributed by atoms with Crippen LogP contribution in [0.2, 0.25) is 0 Å². The zero-order chi connectivity index (χ0) is 37.2. The highest BCUT2D eigenvalue weighted by Crippen LogP contribution is 2.22. The van der Waals surface area contributed by atoms with Crippen molar-refractivity contribution in [1.82, 2.24) is 0 Å². The van der Waals surface area contributed by atoms with Gasteiger partial charge in [0.15, 0.2) is 6.29 Å². The standard InChI is InChI=1S/C42H76O9/c1-3-5-7-8-9-10-11-12-13-14-15-16-17-18-19-20-21-22-23-24-25-26-27-28-29-30-32-48-34-36(50-38(44)31-6-4-2)35-49-42-41(47)40(46)39(45)37(33-43)51-42/h11-12,14-15,17-18,36-37,39-43,45-47H,3-10,13,16,19-35H2,1-2H3/b12-11-,15-14-,18-17-. The van der Waals surface area contributed by atoms with Crippen molar-refractivity contribution in [3.63, 3.8) is 0 Å². The van der Waals surface area contributed by atoms with Crippen LogP contribution in [0.25, 0.3) is 0 Å². The second-order valence-electron chi connectivity index (χ2n) is 14.1. The normalized spacial score (nSPS) is 21.7. The molecule has 4 N–H and O–H groups in total. The van der Waals surface area contributed by atoms with Crippen LogP contribution in [0.15, 0.2) is 36.5 Å². The second kappa shape index (κ2) is 34.2. The van der Waals surface area contributed by atoms with E-state index >= 15 is 0 Å². The maximum Gasteiger partial charge on any atom is 0.306 e. The van der Waals surface area contributed by atoms with Gasteiger partial charge in [0, 0.05) is 13.0 Å². The van der Waals surface area contributed by atoms with E-state index in [1.165, 1.54) is 103 Å². The van der Waals surface area contributed by atoms with Gasteiger partial charge in [-0.3, -0.25) is 4.79 Å². The smallest absolute Gasteiger partial charge is 0.306 e. The van der Waals surface area contributed by atoms with Gasteiger partial charge in [-0.2, -0.15) is 0 Å². The minimum absolute atomic E-state index is 0.118. The van der Waals surface area contributed by atoms with Crippen molar-refractivity contribution in [2.45, 2.75) is 198 Å². The topological polar surface area (TPSA) is 135 Å². The summed E-state index contributed by atoms with van der Waals surface area (Å²) < 4.78 is 22.4. The lowest BCUT2D eigenvalue weighted by molar-refractivity contribution is -0.305. The minimum atomic E-state index is -1.53. The number of hydrogen-bond donors (Lipinski definition) is 4. The summed E-state index contributed by atoms with van der Waals surface area (Å²) in [6.45, 7) is 4.28. The molecule has 298 valence electrons. The van der Waals surface area contributed by atoms with Gasteiger partial charge in [0.2, 0.25) is 0 Å². The second-order valence-corrected chi connectivity index (χ2v) is 14.1. The number of aliphatic hydroxyl groups is 4. The summed E-state index contributed by atoms with van der Waals surface area (Å²) >= 11 is 0. The summed E-state index contributed by atoms with van der Waals surface area (Å²) in [6.07, 6.45) is 33.0. The van der Waals surface area contributed by atoms with Crippen molar-refractivity contribution < 1.29 is 44.2 Å². The van der Waals surface area contributed by atoms with Crippen LogP contribution in [0, 0.1) is 0 Å². The molecular weight excluding hydrogens is 648 g/mol. The average molecular weight is 725 g/mol. The Balaban J connectivity index is 2.03. The number of esters is 1. The van der Waals surface area contributed by atoms with Gasteiger partial charge in [0.1, 0.15) is 30.5 Å². The molecule has 0 bridgehead atoms. The van der Waals surface area contributed by atoms with Gasteiger partial charge in [0.05, 0.1) is 19.8 Å². The van der Waals surface area contributed by atoms with Crippen LogP contribution in [0.4, 0.5) is 0 Å². The van der Waals surface area contributed by atoms with E-state index in [4.69, 9.17) is 18.9 Å². The Hall–Kier alpha value is -1.59. The van der Waals surface area contributed by atoms with Crippen LogP contribution in [0.3, 0.4) is 0 Å². The molecule has 0 aromatic rings. The molecule has 0 aliphatic carbocycles. The molecule has 51 heavy (non-hydrogen) atoms. The Morgan fingerprint density at radius 3 is 1.69 bits per heavy atom. The summed E-state index contributed by atoms with van der Waals surface area (Å²) in [5, 5.41) is 39.6. The Kier molecular flexibility index (Phi) is 31.8. The Morgan fingerprint density at radius 2 is 1.14 bits per heavy atom. The minimum Gasteiger partial charge on any atom is -0.457 e. The van der Waals surface area contributed by atoms with E-state index < -0.39 is 43.4 Å². The van der Waals surface area contributed by atoms with E-state index in [0.717, 1.165) is 32.1 Å². The lowest BCUT2D eigenvalue weighted by Gasteiger charge is -2.39. The van der Waals surface area contributed by atoms with Gasteiger partial charge in [-0.1, -0.05) is 140 Å². The molecule has 0 saturated carbocycles. The molecule has 0 amide bonds. The number of unbranched alkanes of at least 4 members (excludes halogenated alkanes) is 17. The lowest BCUT2D eigenvalue weighted by atomic mass is 9.99. The quantitative estimate of drug-likeness (QED) is 0.0293. The molecule has 0 radical (unpaired) electrons. The SMILES string of the molecule is CCCCCCC/C=C\C/C=C\C/C=C\CCCCCCCCCCCCCOCC(COC1OC(CO)C(O)C(O)C1O)OC(=O)CCCC. The molecule has 6 unspecified atom stereocenters. The van der Waals surface area contributed by atoms with Crippen LogP contribution in [0.1, 0.15) is 162 Å². The molecular formula is C42H76O9. The summed E-state index contributed by atoms with van der Waals surface area (Å²) in [5.74, 6) is -0.351. The molecule has 0 aromatic carbocycles. The first kappa shape index (κ1) is 47.4. The summed E-state index contributed by atoms with van der Waals surface area (Å²) in [4.78, 5) is 12.3. The first-order valence-electron chi connectivity index (χ1n) is 20.6. The maximum absolute atomic E-state index is 12.3. The number of ether oxygens (including phenoxy) is 4. The summed E-state index contributed by atoms with van der Waals surface area (Å²) in [7, 11) is 0. The van der Waals surface area contributed by atoms with Gasteiger partial charge in [0.25, 0.3) is 0 Å². The molecule has 1 aliphatic heterocycles. The molecule has 1 heterocycles. The Morgan fingerprint density at radius 1 is 0.627 bits per heavy atom. The fourth-order valence-corrected chi connectivity index (χ4v) is 6.00. The predicted molar refractivity (Wildman–Crippen MR) is 205 cm³/mol. The number of aliphatic hydroxyl groups excluding tert-OH is 4. The monoisotopic (exact) mass is 725 g/mol. The van der Waals surface area contributed by atoms with Crippen LogP contribution in [-0.4, -0.2) is 89.6 Å². The third-order valence-electron chi connectivity index (χ3n) is 9.31. The van der Waals surface area contributed by atoms with E-state index in [-0.39, 0.29) is 19.2 Å². The molecule has 1 saturated heterocycles. The van der Waals surface area contributed by atoms with Crippen molar-refractivity contribution in [3.8, 4) is 0 Å². The van der Waals surface area contributed by atoms with Crippen LogP contribution in [0.5, 0.6) is 0 Å². The summed E-state index contributed by atoms with van der Waals surface area (Å²) in [6, 6.07) is 0. The Bertz CT molecular complexity index is 874. The van der Waals surface area contributed by atoms with E-state index in [0.29, 0.717) is 19.4 Å². The first-order chi connectivity index (χ1) is 24.9. The average Bonchev–Trinajstić information content (AvgIpc) is 3.13. The maximum atomic E-state index is 12.3. The highest BCUT2D eigenvalue weighted by Gasteiger charge is 2.44. The molecule has 9 nitrogen and oxygen atoms in total. The molecule has 1 fully saturated rings. The number of allylic oxidation sites excluding steroid dienone is 6. The summed E-state index contributed by atoms with van der Waals surface area (Å²) in [5.41, 5.74) is 0. The lowest BCUT2D eigenvalue weighted by Crippen LogP contribution is -2.59. The zero-order valence-electron chi connectivity index (χ0n) is 32.4. The van der Waals surface area contributed by atoms with Crippen LogP contribution >= 0.6 is 0 Å². The van der Waals surface area contributed by atoms with E-state index in [1.54, 1.807) is 0 Å². The number of carbonyl (C=O) groups excluding carboxylic acids is 1. The highest BCUT2D eigenvalue weighted by atomic mass is 16.7.